The quantitative estimate of drug-likeness (QED) is 0.712. The van der Waals surface area contributed by atoms with Gasteiger partial charge in [0.15, 0.2) is 0 Å². The third kappa shape index (κ3) is 1.88. The summed E-state index contributed by atoms with van der Waals surface area (Å²) in [6, 6.07) is 8.87. The maximum atomic E-state index is 5.79. The summed E-state index contributed by atoms with van der Waals surface area (Å²) in [7, 11) is 1.83. The number of rotatable bonds is 2. The van der Waals surface area contributed by atoms with Crippen molar-refractivity contribution in [3.63, 3.8) is 0 Å². The molecule has 3 aliphatic rings. The predicted octanol–water partition coefficient (Wildman–Crippen LogP) is 4.38. The van der Waals surface area contributed by atoms with Crippen molar-refractivity contribution in [2.75, 3.05) is 7.11 Å². The van der Waals surface area contributed by atoms with Crippen LogP contribution in [-0.4, -0.2) is 12.7 Å². The third-order valence-corrected chi connectivity index (χ3v) is 4.89. The Morgan fingerprint density at radius 2 is 1.84 bits per heavy atom. The first-order valence-electron chi connectivity index (χ1n) is 7.01. The van der Waals surface area contributed by atoms with Crippen LogP contribution in [0.2, 0.25) is 0 Å². The van der Waals surface area contributed by atoms with Gasteiger partial charge in [-0.3, -0.25) is 0 Å². The standard InChI is InChI=1S/C18H22O/c1-13-5-7-14(8-6-13)16-11-15-9-10-17(16,2)12-18(15,3)19-4/h5-11,15H,12H2,1-4H3/t15-,17-,18-/m1/s1. The fourth-order valence-corrected chi connectivity index (χ4v) is 3.58. The Morgan fingerprint density at radius 1 is 1.16 bits per heavy atom. The first-order chi connectivity index (χ1) is 8.97. The monoisotopic (exact) mass is 254 g/mol. The molecular weight excluding hydrogens is 232 g/mol. The zero-order valence-corrected chi connectivity index (χ0v) is 12.2. The molecule has 0 aliphatic heterocycles. The number of hydrogen-bond acceptors (Lipinski definition) is 1. The number of hydrogen-bond donors (Lipinski definition) is 0. The van der Waals surface area contributed by atoms with Crippen molar-refractivity contribution < 1.29 is 4.74 Å². The van der Waals surface area contributed by atoms with E-state index in [-0.39, 0.29) is 11.0 Å². The Morgan fingerprint density at radius 3 is 2.42 bits per heavy atom. The van der Waals surface area contributed by atoms with E-state index in [1.807, 2.05) is 7.11 Å². The molecule has 3 atom stereocenters. The molecule has 0 fully saturated rings. The molecule has 0 aromatic heterocycles. The number of methoxy groups -OCH3 is 1. The molecule has 0 saturated carbocycles. The van der Waals surface area contributed by atoms with Crippen molar-refractivity contribution in [2.45, 2.75) is 32.8 Å². The molecule has 0 spiro atoms. The second-order valence-corrected chi connectivity index (χ2v) is 6.44. The number of fused-ring (bicyclic) bond motifs is 1. The van der Waals surface area contributed by atoms with Crippen LogP contribution in [0.3, 0.4) is 0 Å². The summed E-state index contributed by atoms with van der Waals surface area (Å²) in [6.07, 6.45) is 8.13. The van der Waals surface area contributed by atoms with Gasteiger partial charge in [-0.1, -0.05) is 55.0 Å². The maximum Gasteiger partial charge on any atom is 0.0759 e. The molecule has 0 N–H and O–H groups in total. The topological polar surface area (TPSA) is 9.23 Å². The van der Waals surface area contributed by atoms with Gasteiger partial charge in [-0.15, -0.1) is 0 Å². The number of aryl methyl sites for hydroxylation is 1. The highest BCUT2D eigenvalue weighted by atomic mass is 16.5. The smallest absolute Gasteiger partial charge is 0.0759 e. The lowest BCUT2D eigenvalue weighted by molar-refractivity contribution is -0.0461. The van der Waals surface area contributed by atoms with E-state index in [9.17, 15) is 0 Å². The Bertz CT molecular complexity index is 552. The van der Waals surface area contributed by atoms with Gasteiger partial charge in [0, 0.05) is 18.4 Å². The molecule has 0 heterocycles. The Kier molecular flexibility index (Phi) is 2.72. The summed E-state index contributed by atoms with van der Waals surface area (Å²) < 4.78 is 5.79. The highest BCUT2D eigenvalue weighted by Crippen LogP contribution is 2.54. The van der Waals surface area contributed by atoms with Crippen LogP contribution in [-0.2, 0) is 4.74 Å². The van der Waals surface area contributed by atoms with Crippen LogP contribution < -0.4 is 0 Å². The molecule has 19 heavy (non-hydrogen) atoms. The van der Waals surface area contributed by atoms with Crippen LogP contribution in [0.15, 0.2) is 42.5 Å². The minimum atomic E-state index is -0.0578. The van der Waals surface area contributed by atoms with Crippen molar-refractivity contribution >= 4 is 5.57 Å². The third-order valence-electron chi connectivity index (χ3n) is 4.89. The minimum Gasteiger partial charge on any atom is -0.378 e. The van der Waals surface area contributed by atoms with Crippen molar-refractivity contribution in [2.24, 2.45) is 11.3 Å². The fourth-order valence-electron chi connectivity index (χ4n) is 3.58. The van der Waals surface area contributed by atoms with Gasteiger partial charge in [-0.25, -0.2) is 0 Å². The zero-order chi connectivity index (χ0) is 13.7. The molecule has 0 amide bonds. The highest BCUT2D eigenvalue weighted by Gasteiger charge is 2.48. The van der Waals surface area contributed by atoms with Crippen LogP contribution >= 0.6 is 0 Å². The molecular formula is C18H22O. The average Bonchev–Trinajstić information content (AvgIpc) is 2.39. The summed E-state index contributed by atoms with van der Waals surface area (Å²) in [4.78, 5) is 0. The van der Waals surface area contributed by atoms with Gasteiger partial charge < -0.3 is 4.74 Å². The predicted molar refractivity (Wildman–Crippen MR) is 79.9 cm³/mol. The van der Waals surface area contributed by atoms with E-state index in [2.05, 4.69) is 63.3 Å². The van der Waals surface area contributed by atoms with Gasteiger partial charge >= 0.3 is 0 Å². The van der Waals surface area contributed by atoms with Gasteiger partial charge in [-0.2, -0.15) is 0 Å². The summed E-state index contributed by atoms with van der Waals surface area (Å²) in [5.41, 5.74) is 4.15. The van der Waals surface area contributed by atoms with E-state index < -0.39 is 0 Å². The summed E-state index contributed by atoms with van der Waals surface area (Å²) >= 11 is 0. The molecule has 0 saturated heterocycles. The lowest BCUT2D eigenvalue weighted by Crippen LogP contribution is -2.46. The van der Waals surface area contributed by atoms with E-state index >= 15 is 0 Å². The molecule has 0 unspecified atom stereocenters. The molecule has 1 aromatic rings. The molecule has 4 rings (SSSR count). The summed E-state index contributed by atoms with van der Waals surface area (Å²) in [5.74, 6) is 0.385. The SMILES string of the molecule is CO[C@]1(C)C[C@@]2(C)C=C[C@@H]1C=C2c1ccc(C)cc1. The normalized spacial score (nSPS) is 36.4. The first kappa shape index (κ1) is 12.7. The Labute approximate surface area is 116 Å². The highest BCUT2D eigenvalue weighted by molar-refractivity contribution is 5.75. The largest absolute Gasteiger partial charge is 0.378 e. The van der Waals surface area contributed by atoms with Gasteiger partial charge in [-0.05, 0) is 31.4 Å². The lowest BCUT2D eigenvalue weighted by Gasteiger charge is -2.50. The van der Waals surface area contributed by atoms with E-state index in [0.29, 0.717) is 5.92 Å². The van der Waals surface area contributed by atoms with Crippen molar-refractivity contribution in [3.8, 4) is 0 Å². The van der Waals surface area contributed by atoms with Gasteiger partial charge in [0.2, 0.25) is 0 Å². The molecule has 2 bridgehead atoms. The van der Waals surface area contributed by atoms with Gasteiger partial charge in [0.05, 0.1) is 5.60 Å². The maximum absolute atomic E-state index is 5.79. The number of allylic oxidation sites excluding steroid dienone is 2. The first-order valence-corrected chi connectivity index (χ1v) is 7.01. The lowest BCUT2D eigenvalue weighted by atomic mass is 9.59. The minimum absolute atomic E-state index is 0.0578. The van der Waals surface area contributed by atoms with E-state index in [0.717, 1.165) is 6.42 Å². The molecule has 100 valence electrons. The van der Waals surface area contributed by atoms with Gasteiger partial charge in [0.1, 0.15) is 0 Å². The summed E-state index contributed by atoms with van der Waals surface area (Å²) in [5, 5.41) is 0. The molecule has 0 radical (unpaired) electrons. The second kappa shape index (κ2) is 4.08. The fraction of sp³-hybridized carbons (Fsp3) is 0.444. The van der Waals surface area contributed by atoms with Crippen LogP contribution in [0.5, 0.6) is 0 Å². The van der Waals surface area contributed by atoms with E-state index in [1.165, 1.54) is 16.7 Å². The van der Waals surface area contributed by atoms with Crippen LogP contribution in [0.1, 0.15) is 31.4 Å². The van der Waals surface area contributed by atoms with Gasteiger partial charge in [0.25, 0.3) is 0 Å². The zero-order valence-electron chi connectivity index (χ0n) is 12.2. The molecule has 1 aromatic carbocycles. The van der Waals surface area contributed by atoms with Crippen LogP contribution in [0.4, 0.5) is 0 Å². The molecule has 1 heteroatoms. The van der Waals surface area contributed by atoms with Crippen molar-refractivity contribution in [1.82, 2.24) is 0 Å². The van der Waals surface area contributed by atoms with E-state index in [1.54, 1.807) is 0 Å². The Balaban J connectivity index is 2.06. The van der Waals surface area contributed by atoms with Crippen molar-refractivity contribution in [3.05, 3.63) is 53.6 Å². The van der Waals surface area contributed by atoms with Crippen LogP contribution in [0.25, 0.3) is 5.57 Å². The molecule has 3 aliphatic carbocycles. The number of ether oxygens (including phenoxy) is 1. The average molecular weight is 254 g/mol. The van der Waals surface area contributed by atoms with E-state index in [4.69, 9.17) is 4.74 Å². The summed E-state index contributed by atoms with van der Waals surface area (Å²) in [6.45, 7) is 6.68. The van der Waals surface area contributed by atoms with Crippen LogP contribution in [0, 0.1) is 18.3 Å². The Hall–Kier alpha value is -1.34. The second-order valence-electron chi connectivity index (χ2n) is 6.44. The molecule has 1 nitrogen and oxygen atoms in total. The van der Waals surface area contributed by atoms with Crippen molar-refractivity contribution in [1.29, 1.82) is 0 Å². The number of benzene rings is 1.